The topological polar surface area (TPSA) is 35.5 Å². The minimum Gasteiger partial charge on any atom is -0.308 e. The highest BCUT2D eigenvalue weighted by Crippen LogP contribution is 2.59. The summed E-state index contributed by atoms with van der Waals surface area (Å²) in [6.45, 7) is 3.71. The van der Waals surface area contributed by atoms with Gasteiger partial charge >= 0.3 is 7.60 Å². The fourth-order valence-electron chi connectivity index (χ4n) is 2.02. The Morgan fingerprint density at radius 2 is 1.94 bits per heavy atom. The maximum atomic E-state index is 13.0. The van der Waals surface area contributed by atoms with E-state index < -0.39 is 19.7 Å². The molecule has 0 saturated heterocycles. The lowest BCUT2D eigenvalue weighted by Crippen LogP contribution is -2.25. The van der Waals surface area contributed by atoms with Crippen LogP contribution >= 0.6 is 23.5 Å². The molecule has 0 spiro atoms. The molecule has 0 aliphatic heterocycles. The summed E-state index contributed by atoms with van der Waals surface area (Å²) < 4.78 is 49.0. The van der Waals surface area contributed by atoms with Gasteiger partial charge in [-0.15, -0.1) is 0 Å². The Balaban J connectivity index is 3.03. The highest BCUT2D eigenvalue weighted by Gasteiger charge is 2.42. The molecule has 18 heavy (non-hydrogen) atoms. The van der Waals surface area contributed by atoms with Gasteiger partial charge in [-0.25, -0.2) is 8.78 Å². The van der Waals surface area contributed by atoms with Gasteiger partial charge in [0.05, 0.1) is 18.9 Å². The molecule has 0 heterocycles. The summed E-state index contributed by atoms with van der Waals surface area (Å²) in [5, 5.41) is 0. The summed E-state index contributed by atoms with van der Waals surface area (Å²) in [7, 11) is -3.50. The molecule has 0 aromatic carbocycles. The Morgan fingerprint density at radius 1 is 1.39 bits per heavy atom. The molecule has 0 aromatic heterocycles. The molecule has 2 unspecified atom stereocenters. The molecule has 1 rings (SSSR count). The van der Waals surface area contributed by atoms with Gasteiger partial charge < -0.3 is 9.05 Å². The van der Waals surface area contributed by atoms with Crippen LogP contribution in [0, 0.1) is 0 Å². The van der Waals surface area contributed by atoms with Crippen molar-refractivity contribution in [3.8, 4) is 0 Å². The van der Waals surface area contributed by atoms with Gasteiger partial charge in [-0.05, 0) is 26.7 Å². The Labute approximate surface area is 115 Å². The van der Waals surface area contributed by atoms with E-state index in [4.69, 9.17) is 9.05 Å². The van der Waals surface area contributed by atoms with Crippen molar-refractivity contribution in [1.29, 1.82) is 0 Å². The third-order valence-electron chi connectivity index (χ3n) is 2.73. The third kappa shape index (κ3) is 3.86. The van der Waals surface area contributed by atoms with Crippen LogP contribution in [0.1, 0.15) is 26.7 Å². The molecular weight excluding hydrogens is 329 g/mol. The Morgan fingerprint density at radius 3 is 2.39 bits per heavy atom. The van der Waals surface area contributed by atoms with Crippen LogP contribution in [-0.4, -0.2) is 30.1 Å². The zero-order valence-corrected chi connectivity index (χ0v) is 12.9. The molecule has 0 amide bonds. The van der Waals surface area contributed by atoms with Gasteiger partial charge in [0.2, 0.25) is 0 Å². The standard InChI is InChI=1S/C11H18BrF2O3P/c1-3-16-18(15,17-4-2)10-6-5-8(12)7-9(10)11(13)14/h7-8,10-11H,3-6H2,1-2H3. The molecular formula is C11H18BrF2O3P. The summed E-state index contributed by atoms with van der Waals surface area (Å²) in [5.74, 6) is 0. The molecule has 0 bridgehead atoms. The Kier molecular flexibility index (Phi) is 6.45. The van der Waals surface area contributed by atoms with Crippen molar-refractivity contribution < 1.29 is 22.4 Å². The Hall–Kier alpha value is 0.230. The van der Waals surface area contributed by atoms with Gasteiger partial charge in [-0.3, -0.25) is 4.57 Å². The molecule has 2 atom stereocenters. The monoisotopic (exact) mass is 346 g/mol. The first-order chi connectivity index (χ1) is 8.44. The van der Waals surface area contributed by atoms with E-state index >= 15 is 0 Å². The zero-order valence-electron chi connectivity index (χ0n) is 10.4. The zero-order chi connectivity index (χ0) is 13.8. The van der Waals surface area contributed by atoms with E-state index in [1.54, 1.807) is 13.8 Å². The van der Waals surface area contributed by atoms with Gasteiger partial charge in [-0.1, -0.05) is 22.0 Å². The molecule has 106 valence electrons. The van der Waals surface area contributed by atoms with Crippen molar-refractivity contribution in [2.75, 3.05) is 13.2 Å². The van der Waals surface area contributed by atoms with E-state index in [1.165, 1.54) is 6.08 Å². The molecule has 3 nitrogen and oxygen atoms in total. The second-order valence-corrected chi connectivity index (χ2v) is 7.35. The van der Waals surface area contributed by atoms with E-state index in [0.29, 0.717) is 12.8 Å². The molecule has 1 aliphatic rings. The van der Waals surface area contributed by atoms with Gasteiger partial charge in [0.25, 0.3) is 6.43 Å². The fraction of sp³-hybridized carbons (Fsp3) is 0.818. The second-order valence-electron chi connectivity index (χ2n) is 3.95. The quantitative estimate of drug-likeness (QED) is 0.407. The smallest absolute Gasteiger partial charge is 0.308 e. The van der Waals surface area contributed by atoms with E-state index in [9.17, 15) is 13.3 Å². The van der Waals surface area contributed by atoms with Crippen LogP contribution in [0.15, 0.2) is 11.6 Å². The number of allylic oxidation sites excluding steroid dienone is 2. The van der Waals surface area contributed by atoms with Gasteiger partial charge in [0.1, 0.15) is 0 Å². The number of rotatable bonds is 6. The highest BCUT2D eigenvalue weighted by molar-refractivity contribution is 9.09. The predicted molar refractivity (Wildman–Crippen MR) is 70.7 cm³/mol. The van der Waals surface area contributed by atoms with Crippen LogP contribution in [-0.2, 0) is 13.6 Å². The van der Waals surface area contributed by atoms with E-state index in [2.05, 4.69) is 15.9 Å². The molecule has 0 fully saturated rings. The van der Waals surface area contributed by atoms with Crippen LogP contribution < -0.4 is 0 Å². The first kappa shape index (κ1) is 16.3. The largest absolute Gasteiger partial charge is 0.337 e. The fourth-order valence-corrected chi connectivity index (χ4v) is 4.78. The van der Waals surface area contributed by atoms with Crippen molar-refractivity contribution in [1.82, 2.24) is 0 Å². The van der Waals surface area contributed by atoms with E-state index in [-0.39, 0.29) is 23.6 Å². The van der Waals surface area contributed by atoms with Gasteiger partial charge in [0, 0.05) is 10.4 Å². The first-order valence-electron chi connectivity index (χ1n) is 5.97. The summed E-state index contributed by atoms with van der Waals surface area (Å²) >= 11 is 3.29. The van der Waals surface area contributed by atoms with E-state index in [0.717, 1.165) is 0 Å². The predicted octanol–water partition coefficient (Wildman–Crippen LogP) is 4.37. The van der Waals surface area contributed by atoms with Crippen molar-refractivity contribution in [3.05, 3.63) is 11.6 Å². The van der Waals surface area contributed by atoms with Crippen LogP contribution in [0.4, 0.5) is 8.78 Å². The van der Waals surface area contributed by atoms with E-state index in [1.807, 2.05) is 0 Å². The minimum atomic E-state index is -3.50. The Bertz CT molecular complexity index is 339. The lowest BCUT2D eigenvalue weighted by atomic mass is 9.99. The summed E-state index contributed by atoms with van der Waals surface area (Å²) in [4.78, 5) is -0.102. The average molecular weight is 347 g/mol. The normalized spacial score (nSPS) is 25.3. The van der Waals surface area contributed by atoms with Crippen LogP contribution in [0.25, 0.3) is 0 Å². The van der Waals surface area contributed by atoms with Crippen LogP contribution in [0.2, 0.25) is 0 Å². The number of alkyl halides is 3. The number of hydrogen-bond acceptors (Lipinski definition) is 3. The van der Waals surface area contributed by atoms with Crippen molar-refractivity contribution in [2.45, 2.75) is 43.6 Å². The maximum Gasteiger partial charge on any atom is 0.337 e. The second kappa shape index (κ2) is 7.13. The summed E-state index contributed by atoms with van der Waals surface area (Å²) in [5.41, 5.74) is -0.959. The van der Waals surface area contributed by atoms with Crippen LogP contribution in [0.5, 0.6) is 0 Å². The van der Waals surface area contributed by atoms with Crippen molar-refractivity contribution in [3.63, 3.8) is 0 Å². The number of hydrogen-bond donors (Lipinski definition) is 0. The SMILES string of the molecule is CCOP(=O)(OCC)C1CCC(Br)C=C1C(F)F. The van der Waals surface area contributed by atoms with Crippen molar-refractivity contribution in [2.24, 2.45) is 0 Å². The molecule has 0 radical (unpaired) electrons. The maximum absolute atomic E-state index is 13.0. The van der Waals surface area contributed by atoms with Crippen LogP contribution in [0.3, 0.4) is 0 Å². The summed E-state index contributed by atoms with van der Waals surface area (Å²) in [6.07, 6.45) is -0.178. The average Bonchev–Trinajstić information content (AvgIpc) is 2.29. The van der Waals surface area contributed by atoms with Crippen molar-refractivity contribution >= 4 is 23.5 Å². The lowest BCUT2D eigenvalue weighted by molar-refractivity contribution is 0.170. The van der Waals surface area contributed by atoms with Gasteiger partial charge in [0.15, 0.2) is 0 Å². The third-order valence-corrected chi connectivity index (χ3v) is 6.00. The minimum absolute atomic E-state index is 0.102. The molecule has 0 N–H and O–H groups in total. The molecule has 1 aliphatic carbocycles. The molecule has 0 saturated carbocycles. The summed E-state index contributed by atoms with van der Waals surface area (Å²) in [6, 6.07) is 0. The molecule has 7 heteroatoms. The number of halogens is 3. The first-order valence-corrected chi connectivity index (χ1v) is 8.50. The lowest BCUT2D eigenvalue weighted by Gasteiger charge is -2.31. The molecule has 0 aromatic rings. The highest BCUT2D eigenvalue weighted by atomic mass is 79.9. The van der Waals surface area contributed by atoms with Gasteiger partial charge in [-0.2, -0.15) is 0 Å².